The highest BCUT2D eigenvalue weighted by molar-refractivity contribution is 5.78. The molecule has 18 heavy (non-hydrogen) atoms. The standard InChI is InChI=1S/C15H17NO2/c1-11-5-7-13(8-6-11)10-15(17)16-12(2)14-4-3-9-18-14/h3-9,12H,10H2,1-2H3,(H,16,17). The smallest absolute Gasteiger partial charge is 0.224 e. The predicted molar refractivity (Wildman–Crippen MR) is 70.1 cm³/mol. The van der Waals surface area contributed by atoms with E-state index in [1.54, 1.807) is 6.26 Å². The summed E-state index contributed by atoms with van der Waals surface area (Å²) < 4.78 is 5.25. The lowest BCUT2D eigenvalue weighted by molar-refractivity contribution is -0.121. The maximum Gasteiger partial charge on any atom is 0.224 e. The first-order valence-corrected chi connectivity index (χ1v) is 6.03. The molecule has 3 heteroatoms. The Morgan fingerprint density at radius 1 is 1.28 bits per heavy atom. The van der Waals surface area contributed by atoms with Crippen LogP contribution in [0.15, 0.2) is 47.1 Å². The molecule has 0 saturated heterocycles. The van der Waals surface area contributed by atoms with Crippen molar-refractivity contribution in [2.24, 2.45) is 0 Å². The Morgan fingerprint density at radius 2 is 2.00 bits per heavy atom. The maximum atomic E-state index is 11.9. The third kappa shape index (κ3) is 3.23. The maximum absolute atomic E-state index is 11.9. The molecule has 0 aliphatic rings. The molecule has 1 aromatic heterocycles. The quantitative estimate of drug-likeness (QED) is 0.897. The van der Waals surface area contributed by atoms with Gasteiger partial charge in [0.15, 0.2) is 0 Å². The van der Waals surface area contributed by atoms with Crippen molar-refractivity contribution in [2.45, 2.75) is 26.3 Å². The molecule has 1 amide bonds. The zero-order valence-corrected chi connectivity index (χ0v) is 10.6. The summed E-state index contributed by atoms with van der Waals surface area (Å²) in [7, 11) is 0. The van der Waals surface area contributed by atoms with Crippen LogP contribution in [-0.2, 0) is 11.2 Å². The van der Waals surface area contributed by atoms with Gasteiger partial charge in [-0.05, 0) is 31.5 Å². The summed E-state index contributed by atoms with van der Waals surface area (Å²) in [6, 6.07) is 11.6. The second-order valence-corrected chi connectivity index (χ2v) is 4.47. The second kappa shape index (κ2) is 5.54. The van der Waals surface area contributed by atoms with E-state index in [0.29, 0.717) is 6.42 Å². The third-order valence-electron chi connectivity index (χ3n) is 2.83. The molecule has 1 aromatic carbocycles. The molecule has 1 atom stereocenters. The van der Waals surface area contributed by atoms with E-state index in [1.165, 1.54) is 5.56 Å². The zero-order valence-electron chi connectivity index (χ0n) is 10.6. The molecule has 0 radical (unpaired) electrons. The molecule has 0 spiro atoms. The van der Waals surface area contributed by atoms with Gasteiger partial charge in [-0.15, -0.1) is 0 Å². The average molecular weight is 243 g/mol. The van der Waals surface area contributed by atoms with Gasteiger partial charge in [-0.25, -0.2) is 0 Å². The molecule has 3 nitrogen and oxygen atoms in total. The monoisotopic (exact) mass is 243 g/mol. The predicted octanol–water partition coefficient (Wildman–Crippen LogP) is 3.01. The number of furan rings is 1. The van der Waals surface area contributed by atoms with E-state index in [2.05, 4.69) is 5.32 Å². The second-order valence-electron chi connectivity index (χ2n) is 4.47. The Labute approximate surface area is 107 Å². The lowest BCUT2D eigenvalue weighted by atomic mass is 10.1. The number of hydrogen-bond donors (Lipinski definition) is 1. The molecule has 1 heterocycles. The van der Waals surface area contributed by atoms with E-state index in [4.69, 9.17) is 4.42 Å². The molecule has 0 fully saturated rings. The first-order valence-electron chi connectivity index (χ1n) is 6.03. The molecule has 1 unspecified atom stereocenters. The van der Waals surface area contributed by atoms with Gasteiger partial charge in [0, 0.05) is 0 Å². The van der Waals surface area contributed by atoms with Crippen molar-refractivity contribution in [1.29, 1.82) is 0 Å². The van der Waals surface area contributed by atoms with Crippen LogP contribution in [-0.4, -0.2) is 5.91 Å². The van der Waals surface area contributed by atoms with Crippen LogP contribution in [0.4, 0.5) is 0 Å². The molecule has 94 valence electrons. The van der Waals surface area contributed by atoms with Crippen molar-refractivity contribution in [2.75, 3.05) is 0 Å². The summed E-state index contributed by atoms with van der Waals surface area (Å²) >= 11 is 0. The highest BCUT2D eigenvalue weighted by atomic mass is 16.3. The van der Waals surface area contributed by atoms with E-state index in [0.717, 1.165) is 11.3 Å². The normalized spacial score (nSPS) is 12.1. The summed E-state index contributed by atoms with van der Waals surface area (Å²) in [5, 5.41) is 2.91. The van der Waals surface area contributed by atoms with Gasteiger partial charge in [0.1, 0.15) is 5.76 Å². The van der Waals surface area contributed by atoms with Gasteiger partial charge in [-0.2, -0.15) is 0 Å². The number of aryl methyl sites for hydroxylation is 1. The molecular formula is C15H17NO2. The van der Waals surface area contributed by atoms with Crippen LogP contribution in [0.5, 0.6) is 0 Å². The summed E-state index contributed by atoms with van der Waals surface area (Å²) in [5.41, 5.74) is 2.22. The summed E-state index contributed by atoms with van der Waals surface area (Å²) in [6.07, 6.45) is 2.00. The Bertz CT molecular complexity index is 500. The number of benzene rings is 1. The van der Waals surface area contributed by atoms with Gasteiger partial charge >= 0.3 is 0 Å². The summed E-state index contributed by atoms with van der Waals surface area (Å²) in [5.74, 6) is 0.773. The molecule has 0 aliphatic carbocycles. The molecular weight excluding hydrogens is 226 g/mol. The number of hydrogen-bond acceptors (Lipinski definition) is 2. The Morgan fingerprint density at radius 3 is 2.61 bits per heavy atom. The first kappa shape index (κ1) is 12.4. The summed E-state index contributed by atoms with van der Waals surface area (Å²) in [4.78, 5) is 11.9. The fourth-order valence-electron chi connectivity index (χ4n) is 1.79. The van der Waals surface area contributed by atoms with Crippen LogP contribution in [0.3, 0.4) is 0 Å². The fraction of sp³-hybridized carbons (Fsp3) is 0.267. The Balaban J connectivity index is 1.91. The number of rotatable bonds is 4. The van der Waals surface area contributed by atoms with Crippen molar-refractivity contribution < 1.29 is 9.21 Å². The van der Waals surface area contributed by atoms with E-state index in [-0.39, 0.29) is 11.9 Å². The van der Waals surface area contributed by atoms with Crippen LogP contribution >= 0.6 is 0 Å². The number of nitrogens with one attached hydrogen (secondary N) is 1. The first-order chi connectivity index (χ1) is 8.65. The minimum absolute atomic E-state index is 0.00255. The van der Waals surface area contributed by atoms with Crippen LogP contribution in [0.2, 0.25) is 0 Å². The van der Waals surface area contributed by atoms with E-state index in [9.17, 15) is 4.79 Å². The Kier molecular flexibility index (Phi) is 3.82. The highest BCUT2D eigenvalue weighted by Gasteiger charge is 2.11. The van der Waals surface area contributed by atoms with Crippen molar-refractivity contribution in [3.8, 4) is 0 Å². The van der Waals surface area contributed by atoms with Crippen molar-refractivity contribution in [3.05, 3.63) is 59.5 Å². The van der Waals surface area contributed by atoms with E-state index in [1.807, 2.05) is 50.2 Å². The number of amides is 1. The SMILES string of the molecule is Cc1ccc(CC(=O)NC(C)c2ccco2)cc1. The van der Waals surface area contributed by atoms with Gasteiger partial charge in [0.25, 0.3) is 0 Å². The minimum Gasteiger partial charge on any atom is -0.467 e. The fourth-order valence-corrected chi connectivity index (χ4v) is 1.79. The lowest BCUT2D eigenvalue weighted by Crippen LogP contribution is -2.27. The third-order valence-corrected chi connectivity index (χ3v) is 2.83. The number of carbonyl (C=O) groups excluding carboxylic acids is 1. The topological polar surface area (TPSA) is 42.2 Å². The van der Waals surface area contributed by atoms with Crippen molar-refractivity contribution >= 4 is 5.91 Å². The van der Waals surface area contributed by atoms with Crippen LogP contribution in [0.1, 0.15) is 29.9 Å². The van der Waals surface area contributed by atoms with E-state index < -0.39 is 0 Å². The molecule has 1 N–H and O–H groups in total. The average Bonchev–Trinajstić information content (AvgIpc) is 2.85. The summed E-state index contributed by atoms with van der Waals surface area (Å²) in [6.45, 7) is 3.94. The molecule has 2 aromatic rings. The lowest BCUT2D eigenvalue weighted by Gasteiger charge is -2.11. The molecule has 0 saturated carbocycles. The van der Waals surface area contributed by atoms with Crippen LogP contribution < -0.4 is 5.32 Å². The van der Waals surface area contributed by atoms with Crippen LogP contribution in [0, 0.1) is 6.92 Å². The van der Waals surface area contributed by atoms with Gasteiger partial charge in [0.05, 0.1) is 18.7 Å². The highest BCUT2D eigenvalue weighted by Crippen LogP contribution is 2.12. The largest absolute Gasteiger partial charge is 0.467 e. The van der Waals surface area contributed by atoms with E-state index >= 15 is 0 Å². The van der Waals surface area contributed by atoms with Gasteiger partial charge < -0.3 is 9.73 Å². The van der Waals surface area contributed by atoms with Crippen LogP contribution in [0.25, 0.3) is 0 Å². The number of carbonyl (C=O) groups is 1. The Hall–Kier alpha value is -2.03. The van der Waals surface area contributed by atoms with Crippen molar-refractivity contribution in [1.82, 2.24) is 5.32 Å². The van der Waals surface area contributed by atoms with Gasteiger partial charge in [-0.1, -0.05) is 29.8 Å². The van der Waals surface area contributed by atoms with Gasteiger partial charge in [-0.3, -0.25) is 4.79 Å². The van der Waals surface area contributed by atoms with Crippen molar-refractivity contribution in [3.63, 3.8) is 0 Å². The molecule has 0 aliphatic heterocycles. The molecule has 0 bridgehead atoms. The van der Waals surface area contributed by atoms with Gasteiger partial charge in [0.2, 0.25) is 5.91 Å². The zero-order chi connectivity index (χ0) is 13.0. The minimum atomic E-state index is -0.0991. The molecule has 2 rings (SSSR count).